The van der Waals surface area contributed by atoms with Crippen LogP contribution in [0.3, 0.4) is 0 Å². The van der Waals surface area contributed by atoms with Gasteiger partial charge in [0, 0.05) is 24.6 Å². The fourth-order valence-electron chi connectivity index (χ4n) is 5.11. The number of carbonyl (C=O) groups excluding carboxylic acids is 1. The number of rotatable bonds is 8. The van der Waals surface area contributed by atoms with E-state index in [0.717, 1.165) is 45.8 Å². The van der Waals surface area contributed by atoms with Gasteiger partial charge in [-0.1, -0.05) is 37.3 Å². The number of anilines is 1. The molecule has 3 aromatic carbocycles. The van der Waals surface area contributed by atoms with Crippen LogP contribution in [0.1, 0.15) is 41.8 Å². The number of amides is 1. The molecule has 1 aliphatic rings. The van der Waals surface area contributed by atoms with Crippen LogP contribution in [0, 0.1) is 13.8 Å². The van der Waals surface area contributed by atoms with E-state index in [-0.39, 0.29) is 18.4 Å². The Kier molecular flexibility index (Phi) is 6.79. The van der Waals surface area contributed by atoms with Crippen LogP contribution in [-0.2, 0) is 17.8 Å². The van der Waals surface area contributed by atoms with Crippen LogP contribution in [-0.4, -0.2) is 39.8 Å². The van der Waals surface area contributed by atoms with Gasteiger partial charge >= 0.3 is 0 Å². The van der Waals surface area contributed by atoms with Gasteiger partial charge in [-0.3, -0.25) is 4.79 Å². The van der Waals surface area contributed by atoms with Crippen molar-refractivity contribution in [3.8, 4) is 5.75 Å². The minimum atomic E-state index is -0.725. The van der Waals surface area contributed by atoms with E-state index in [1.165, 1.54) is 5.56 Å². The molecule has 0 spiro atoms. The fraction of sp³-hybridized carbons (Fsp3) is 0.333. The Hall–Kier alpha value is -3.64. The molecule has 1 amide bonds. The number of ether oxygens (including phenoxy) is 1. The van der Waals surface area contributed by atoms with Crippen molar-refractivity contribution in [2.24, 2.45) is 0 Å². The standard InChI is InChI=1S/C30H33N3O3/c1-4-22-9-11-24(12-10-22)32-17-23(16-29(32)35)30-31-27-7-5-6-8-28(27)33(30)18-25(34)19-36-26-14-20(2)13-21(3)15-26/h5-15,23,25,34H,4,16-19H2,1-3H3. The molecule has 4 aromatic rings. The Morgan fingerprint density at radius 1 is 1.06 bits per heavy atom. The number of nitrogens with zero attached hydrogens (tertiary/aromatic N) is 3. The first-order valence-corrected chi connectivity index (χ1v) is 12.6. The largest absolute Gasteiger partial charge is 0.491 e. The lowest BCUT2D eigenvalue weighted by Gasteiger charge is -2.19. The number of imidazole rings is 1. The number of benzene rings is 3. The second-order valence-corrected chi connectivity index (χ2v) is 9.78. The number of aromatic nitrogens is 2. The molecule has 1 aromatic heterocycles. The maximum absolute atomic E-state index is 13.0. The van der Waals surface area contributed by atoms with Gasteiger partial charge in [-0.2, -0.15) is 0 Å². The number of hydrogen-bond donors (Lipinski definition) is 1. The van der Waals surface area contributed by atoms with Crippen molar-refractivity contribution in [1.29, 1.82) is 0 Å². The van der Waals surface area contributed by atoms with Gasteiger partial charge in [0.15, 0.2) is 0 Å². The van der Waals surface area contributed by atoms with Gasteiger partial charge in [-0.15, -0.1) is 0 Å². The zero-order valence-electron chi connectivity index (χ0n) is 21.1. The van der Waals surface area contributed by atoms with Crippen molar-refractivity contribution in [1.82, 2.24) is 9.55 Å². The van der Waals surface area contributed by atoms with Crippen LogP contribution < -0.4 is 9.64 Å². The molecule has 5 rings (SSSR count). The third-order valence-electron chi connectivity index (χ3n) is 6.86. The lowest BCUT2D eigenvalue weighted by Crippen LogP contribution is -2.26. The number of fused-ring (bicyclic) bond motifs is 1. The van der Waals surface area contributed by atoms with Gasteiger partial charge in [0.2, 0.25) is 5.91 Å². The summed E-state index contributed by atoms with van der Waals surface area (Å²) in [7, 11) is 0. The van der Waals surface area contributed by atoms with Crippen molar-refractivity contribution >= 4 is 22.6 Å². The molecule has 1 N–H and O–H groups in total. The molecule has 1 fully saturated rings. The summed E-state index contributed by atoms with van der Waals surface area (Å²) in [6, 6.07) is 22.2. The van der Waals surface area contributed by atoms with Gasteiger partial charge in [-0.05, 0) is 73.4 Å². The summed E-state index contributed by atoms with van der Waals surface area (Å²) >= 11 is 0. The lowest BCUT2D eigenvalue weighted by atomic mass is 10.1. The third kappa shape index (κ3) is 5.00. The predicted octanol–water partition coefficient (Wildman–Crippen LogP) is 5.18. The first-order chi connectivity index (χ1) is 17.4. The van der Waals surface area contributed by atoms with E-state index >= 15 is 0 Å². The van der Waals surface area contributed by atoms with E-state index in [4.69, 9.17) is 9.72 Å². The number of aliphatic hydroxyl groups is 1. The zero-order chi connectivity index (χ0) is 25.2. The minimum absolute atomic E-state index is 0.0525. The SMILES string of the molecule is CCc1ccc(N2CC(c3nc4ccccc4n3CC(O)COc3cc(C)cc(C)c3)CC2=O)cc1. The van der Waals surface area contributed by atoms with Gasteiger partial charge < -0.3 is 19.3 Å². The number of aliphatic hydroxyl groups excluding tert-OH is 1. The Bertz CT molecular complexity index is 1360. The molecule has 0 saturated carbocycles. The summed E-state index contributed by atoms with van der Waals surface area (Å²) in [5.41, 5.74) is 6.25. The Balaban J connectivity index is 1.36. The van der Waals surface area contributed by atoms with E-state index < -0.39 is 6.10 Å². The van der Waals surface area contributed by atoms with E-state index in [0.29, 0.717) is 19.5 Å². The van der Waals surface area contributed by atoms with Gasteiger partial charge in [-0.25, -0.2) is 4.98 Å². The van der Waals surface area contributed by atoms with Crippen LogP contribution in [0.15, 0.2) is 66.7 Å². The molecule has 6 heteroatoms. The monoisotopic (exact) mass is 483 g/mol. The van der Waals surface area contributed by atoms with Crippen LogP contribution in [0.25, 0.3) is 11.0 Å². The van der Waals surface area contributed by atoms with Gasteiger partial charge in [0.25, 0.3) is 0 Å². The average Bonchev–Trinajstić information content (AvgIpc) is 3.43. The van der Waals surface area contributed by atoms with E-state index in [1.54, 1.807) is 0 Å². The number of aryl methyl sites for hydroxylation is 3. The Labute approximate surface area is 212 Å². The summed E-state index contributed by atoms with van der Waals surface area (Å²) in [6.45, 7) is 7.28. The highest BCUT2D eigenvalue weighted by Gasteiger charge is 2.35. The molecule has 2 heterocycles. The maximum Gasteiger partial charge on any atom is 0.227 e. The average molecular weight is 484 g/mol. The summed E-state index contributed by atoms with van der Waals surface area (Å²) in [5.74, 6) is 1.64. The molecule has 1 saturated heterocycles. The molecule has 186 valence electrons. The molecule has 0 bridgehead atoms. The lowest BCUT2D eigenvalue weighted by molar-refractivity contribution is -0.117. The highest BCUT2D eigenvalue weighted by atomic mass is 16.5. The molecule has 6 nitrogen and oxygen atoms in total. The van der Waals surface area contributed by atoms with Crippen LogP contribution in [0.5, 0.6) is 5.75 Å². The van der Waals surface area contributed by atoms with Gasteiger partial charge in [0.1, 0.15) is 24.3 Å². The summed E-state index contributed by atoms with van der Waals surface area (Å²) in [5, 5.41) is 10.9. The van der Waals surface area contributed by atoms with Crippen molar-refractivity contribution in [3.63, 3.8) is 0 Å². The number of para-hydroxylation sites is 2. The second-order valence-electron chi connectivity index (χ2n) is 9.78. The zero-order valence-corrected chi connectivity index (χ0v) is 21.1. The molecule has 0 radical (unpaired) electrons. The van der Waals surface area contributed by atoms with E-state index in [2.05, 4.69) is 29.7 Å². The Morgan fingerprint density at radius 3 is 2.50 bits per heavy atom. The summed E-state index contributed by atoms with van der Waals surface area (Å²) in [4.78, 5) is 19.8. The van der Waals surface area contributed by atoms with Crippen molar-refractivity contribution in [2.45, 2.75) is 52.2 Å². The highest BCUT2D eigenvalue weighted by Crippen LogP contribution is 2.33. The molecule has 2 unspecified atom stereocenters. The fourth-order valence-corrected chi connectivity index (χ4v) is 5.11. The van der Waals surface area contributed by atoms with Crippen LogP contribution in [0.2, 0.25) is 0 Å². The maximum atomic E-state index is 13.0. The number of hydrogen-bond acceptors (Lipinski definition) is 4. The van der Waals surface area contributed by atoms with Crippen LogP contribution >= 0.6 is 0 Å². The summed E-state index contributed by atoms with van der Waals surface area (Å²) < 4.78 is 7.98. The molecular weight excluding hydrogens is 450 g/mol. The molecule has 1 aliphatic heterocycles. The smallest absolute Gasteiger partial charge is 0.227 e. The Morgan fingerprint density at radius 2 is 1.78 bits per heavy atom. The molecule has 36 heavy (non-hydrogen) atoms. The van der Waals surface area contributed by atoms with Crippen molar-refractivity contribution in [3.05, 3.63) is 89.2 Å². The normalized spacial score (nSPS) is 16.6. The number of carbonyl (C=O) groups is 1. The molecule has 0 aliphatic carbocycles. The second kappa shape index (κ2) is 10.2. The van der Waals surface area contributed by atoms with E-state index in [9.17, 15) is 9.90 Å². The first kappa shape index (κ1) is 24.1. The first-order valence-electron chi connectivity index (χ1n) is 12.6. The highest BCUT2D eigenvalue weighted by molar-refractivity contribution is 5.96. The quantitative estimate of drug-likeness (QED) is 0.375. The summed E-state index contributed by atoms with van der Waals surface area (Å²) in [6.07, 6.45) is 0.640. The molecular formula is C30H33N3O3. The van der Waals surface area contributed by atoms with Crippen LogP contribution in [0.4, 0.5) is 5.69 Å². The van der Waals surface area contributed by atoms with Crippen molar-refractivity contribution < 1.29 is 14.6 Å². The topological polar surface area (TPSA) is 67.6 Å². The third-order valence-corrected chi connectivity index (χ3v) is 6.86. The molecule has 2 atom stereocenters. The van der Waals surface area contributed by atoms with Gasteiger partial charge in [0.05, 0.1) is 17.6 Å². The minimum Gasteiger partial charge on any atom is -0.491 e. The predicted molar refractivity (Wildman–Crippen MR) is 143 cm³/mol. The van der Waals surface area contributed by atoms with E-state index in [1.807, 2.05) is 67.3 Å². The van der Waals surface area contributed by atoms with Crippen molar-refractivity contribution in [2.75, 3.05) is 18.1 Å².